The molecule has 0 aliphatic carbocycles. The highest BCUT2D eigenvalue weighted by Gasteiger charge is 2.38. The average Bonchev–Trinajstić information content (AvgIpc) is 2.87. The van der Waals surface area contributed by atoms with Gasteiger partial charge in [0, 0.05) is 6.54 Å². The van der Waals surface area contributed by atoms with Gasteiger partial charge in [-0.05, 0) is 26.3 Å². The second-order valence-corrected chi connectivity index (χ2v) is 7.69. The van der Waals surface area contributed by atoms with Crippen LogP contribution < -0.4 is 10.1 Å². The summed E-state index contributed by atoms with van der Waals surface area (Å²) in [6.07, 6.45) is 4.08. The van der Waals surface area contributed by atoms with Gasteiger partial charge in [-0.25, -0.2) is 8.42 Å². The van der Waals surface area contributed by atoms with E-state index in [1.807, 2.05) is 18.5 Å². The van der Waals surface area contributed by atoms with Crippen molar-refractivity contribution in [2.75, 3.05) is 19.4 Å². The van der Waals surface area contributed by atoms with E-state index in [-0.39, 0.29) is 11.8 Å². The quantitative estimate of drug-likeness (QED) is 0.862. The van der Waals surface area contributed by atoms with E-state index in [4.69, 9.17) is 4.74 Å². The zero-order valence-corrected chi connectivity index (χ0v) is 13.8. The molecule has 1 aromatic heterocycles. The Kier molecular flexibility index (Phi) is 5.27. The maximum Gasteiger partial charge on any atom is 0.161 e. The van der Waals surface area contributed by atoms with Crippen LogP contribution in [0.15, 0.2) is 6.20 Å². The second-order valence-electron chi connectivity index (χ2n) is 5.35. The van der Waals surface area contributed by atoms with Crippen LogP contribution in [-0.4, -0.2) is 42.9 Å². The van der Waals surface area contributed by atoms with Crippen molar-refractivity contribution in [1.29, 1.82) is 0 Å². The highest BCUT2D eigenvalue weighted by molar-refractivity contribution is 7.92. The highest BCUT2D eigenvalue weighted by Crippen LogP contribution is 2.35. The first-order valence-corrected chi connectivity index (χ1v) is 9.31. The first-order valence-electron chi connectivity index (χ1n) is 7.59. The van der Waals surface area contributed by atoms with E-state index in [0.29, 0.717) is 25.3 Å². The molecule has 2 heterocycles. The van der Waals surface area contributed by atoms with Crippen molar-refractivity contribution >= 4 is 9.84 Å². The summed E-state index contributed by atoms with van der Waals surface area (Å²) in [5.74, 6) is 0.936. The van der Waals surface area contributed by atoms with E-state index in [0.717, 1.165) is 18.5 Å². The number of aromatic nitrogens is 2. The Morgan fingerprint density at radius 1 is 1.48 bits per heavy atom. The van der Waals surface area contributed by atoms with Crippen LogP contribution in [0.25, 0.3) is 0 Å². The number of methoxy groups -OCH3 is 1. The third kappa shape index (κ3) is 3.23. The fourth-order valence-electron chi connectivity index (χ4n) is 3.08. The van der Waals surface area contributed by atoms with Gasteiger partial charge < -0.3 is 10.1 Å². The molecule has 0 bridgehead atoms. The fraction of sp³-hybridized carbons (Fsp3) is 0.786. The van der Waals surface area contributed by atoms with Gasteiger partial charge in [-0.15, -0.1) is 0 Å². The molecule has 0 aromatic carbocycles. The molecule has 2 atom stereocenters. The Morgan fingerprint density at radius 2 is 2.24 bits per heavy atom. The summed E-state index contributed by atoms with van der Waals surface area (Å²) in [6, 6.07) is -0.266. The molecule has 7 heteroatoms. The van der Waals surface area contributed by atoms with Crippen molar-refractivity contribution in [2.45, 2.75) is 50.9 Å². The Balaban J connectivity index is 2.45. The molecule has 1 aliphatic rings. The summed E-state index contributed by atoms with van der Waals surface area (Å²) >= 11 is 0. The van der Waals surface area contributed by atoms with Crippen LogP contribution in [0.5, 0.6) is 5.75 Å². The SMILES string of the molecule is CCNC(c1c(OC)cnn1CC)C1CCCCS1(=O)=O. The normalized spacial score (nSPS) is 22.9. The molecule has 0 spiro atoms. The first-order chi connectivity index (χ1) is 10.0. The number of nitrogens with zero attached hydrogens (tertiary/aromatic N) is 2. The maximum absolute atomic E-state index is 12.5. The predicted molar refractivity (Wildman–Crippen MR) is 82.3 cm³/mol. The summed E-state index contributed by atoms with van der Waals surface area (Å²) in [5.41, 5.74) is 0.845. The molecule has 6 nitrogen and oxygen atoms in total. The van der Waals surface area contributed by atoms with E-state index in [1.165, 1.54) is 0 Å². The van der Waals surface area contributed by atoms with Crippen LogP contribution in [0, 0.1) is 0 Å². The molecule has 1 saturated heterocycles. The largest absolute Gasteiger partial charge is 0.493 e. The van der Waals surface area contributed by atoms with Crippen LogP contribution in [0.4, 0.5) is 0 Å². The number of rotatable bonds is 6. The van der Waals surface area contributed by atoms with Gasteiger partial charge in [0.05, 0.1) is 36.0 Å². The monoisotopic (exact) mass is 315 g/mol. The average molecular weight is 315 g/mol. The van der Waals surface area contributed by atoms with Gasteiger partial charge in [0.2, 0.25) is 0 Å². The van der Waals surface area contributed by atoms with Gasteiger partial charge >= 0.3 is 0 Å². The van der Waals surface area contributed by atoms with Crippen molar-refractivity contribution in [1.82, 2.24) is 15.1 Å². The lowest BCUT2D eigenvalue weighted by atomic mass is 10.0. The second kappa shape index (κ2) is 6.79. The molecule has 21 heavy (non-hydrogen) atoms. The van der Waals surface area contributed by atoms with Crippen LogP contribution in [0.2, 0.25) is 0 Å². The van der Waals surface area contributed by atoms with Crippen LogP contribution >= 0.6 is 0 Å². The molecule has 1 aliphatic heterocycles. The molecule has 1 aromatic rings. The number of hydrogen-bond acceptors (Lipinski definition) is 5. The Labute approximate surface area is 126 Å². The first kappa shape index (κ1) is 16.3. The van der Waals surface area contributed by atoms with Crippen molar-refractivity contribution in [3.63, 3.8) is 0 Å². The Hall–Kier alpha value is -1.08. The third-order valence-corrected chi connectivity index (χ3v) is 6.37. The zero-order valence-electron chi connectivity index (χ0n) is 13.0. The smallest absolute Gasteiger partial charge is 0.161 e. The molecule has 120 valence electrons. The predicted octanol–water partition coefficient (Wildman–Crippen LogP) is 1.53. The number of ether oxygens (including phenoxy) is 1. The van der Waals surface area contributed by atoms with Gasteiger partial charge in [0.1, 0.15) is 0 Å². The molecule has 2 unspecified atom stereocenters. The summed E-state index contributed by atoms with van der Waals surface area (Å²) < 4.78 is 32.2. The lowest BCUT2D eigenvalue weighted by molar-refractivity contribution is 0.379. The molecule has 0 radical (unpaired) electrons. The standard InChI is InChI=1S/C14H25N3O3S/c1-4-15-13(12-8-6-7-9-21(12,18)19)14-11(20-3)10-16-17(14)5-2/h10,12-13,15H,4-9H2,1-3H3. The summed E-state index contributed by atoms with van der Waals surface area (Å²) in [7, 11) is -1.48. The summed E-state index contributed by atoms with van der Waals surface area (Å²) in [6.45, 7) is 5.37. The van der Waals surface area contributed by atoms with Gasteiger partial charge in [-0.1, -0.05) is 13.3 Å². The number of hydrogen-bond donors (Lipinski definition) is 1. The third-order valence-electron chi connectivity index (χ3n) is 4.08. The van der Waals surface area contributed by atoms with E-state index < -0.39 is 15.1 Å². The number of nitrogens with one attached hydrogen (secondary N) is 1. The lowest BCUT2D eigenvalue weighted by Gasteiger charge is -2.31. The molecular formula is C14H25N3O3S. The van der Waals surface area contributed by atoms with Gasteiger partial charge in [0.15, 0.2) is 15.6 Å². The van der Waals surface area contributed by atoms with Gasteiger partial charge in [-0.2, -0.15) is 5.10 Å². The summed E-state index contributed by atoms with van der Waals surface area (Å²) in [5, 5.41) is 7.25. The Bertz CT molecular complexity index is 547. The fourth-order valence-corrected chi connectivity index (χ4v) is 5.15. The van der Waals surface area contributed by atoms with Crippen LogP contribution in [0.1, 0.15) is 44.8 Å². The minimum atomic E-state index is -3.08. The van der Waals surface area contributed by atoms with Crippen molar-refractivity contribution < 1.29 is 13.2 Å². The van der Waals surface area contributed by atoms with Crippen molar-refractivity contribution in [3.05, 3.63) is 11.9 Å². The Morgan fingerprint density at radius 3 is 2.81 bits per heavy atom. The zero-order chi connectivity index (χ0) is 15.5. The van der Waals surface area contributed by atoms with E-state index in [9.17, 15) is 8.42 Å². The highest BCUT2D eigenvalue weighted by atomic mass is 32.2. The maximum atomic E-state index is 12.5. The van der Waals surface area contributed by atoms with Gasteiger partial charge in [0.25, 0.3) is 0 Å². The van der Waals surface area contributed by atoms with Crippen molar-refractivity contribution in [3.8, 4) is 5.75 Å². The topological polar surface area (TPSA) is 73.2 Å². The van der Waals surface area contributed by atoms with Crippen molar-refractivity contribution in [2.24, 2.45) is 0 Å². The molecule has 0 amide bonds. The minimum absolute atomic E-state index is 0.266. The minimum Gasteiger partial charge on any atom is -0.493 e. The van der Waals surface area contributed by atoms with E-state index in [2.05, 4.69) is 10.4 Å². The molecule has 1 fully saturated rings. The molecule has 1 N–H and O–H groups in total. The van der Waals surface area contributed by atoms with Crippen LogP contribution in [0.3, 0.4) is 0 Å². The molecule has 2 rings (SSSR count). The summed E-state index contributed by atoms with van der Waals surface area (Å²) in [4.78, 5) is 0. The van der Waals surface area contributed by atoms with Crippen LogP contribution in [-0.2, 0) is 16.4 Å². The molecule has 0 saturated carbocycles. The lowest BCUT2D eigenvalue weighted by Crippen LogP contribution is -2.41. The number of aryl methyl sites for hydroxylation is 1. The number of sulfone groups is 1. The van der Waals surface area contributed by atoms with E-state index >= 15 is 0 Å². The molecular weight excluding hydrogens is 290 g/mol. The van der Waals surface area contributed by atoms with Gasteiger partial charge in [-0.3, -0.25) is 4.68 Å². The van der Waals surface area contributed by atoms with E-state index in [1.54, 1.807) is 13.3 Å².